The van der Waals surface area contributed by atoms with Gasteiger partial charge in [-0.15, -0.1) is 0 Å². The Hall–Kier alpha value is -2.42. The van der Waals surface area contributed by atoms with Gasteiger partial charge in [-0.05, 0) is 35.9 Å². The van der Waals surface area contributed by atoms with E-state index in [9.17, 15) is 4.79 Å². The molecule has 1 saturated heterocycles. The number of benzene rings is 2. The van der Waals surface area contributed by atoms with Crippen LogP contribution in [-0.4, -0.2) is 10.2 Å². The van der Waals surface area contributed by atoms with Crippen molar-refractivity contribution in [1.82, 2.24) is 0 Å². The van der Waals surface area contributed by atoms with Crippen LogP contribution in [-0.2, 0) is 4.79 Å². The average Bonchev–Trinajstić information content (AvgIpc) is 2.83. The van der Waals surface area contributed by atoms with E-state index in [1.54, 1.807) is 18.2 Å². The third-order valence-electron chi connectivity index (χ3n) is 3.15. The normalized spacial score (nSPS) is 16.1. The van der Waals surface area contributed by atoms with Crippen molar-refractivity contribution in [3.8, 4) is 6.07 Å². The van der Waals surface area contributed by atoms with Gasteiger partial charge in [0.1, 0.15) is 0 Å². The van der Waals surface area contributed by atoms with E-state index in [0.29, 0.717) is 14.8 Å². The van der Waals surface area contributed by atoms with Crippen molar-refractivity contribution in [3.63, 3.8) is 0 Å². The lowest BCUT2D eigenvalue weighted by molar-refractivity contribution is -0.113. The summed E-state index contributed by atoms with van der Waals surface area (Å²) in [6.45, 7) is 0. The molecule has 5 heteroatoms. The second kappa shape index (κ2) is 6.14. The van der Waals surface area contributed by atoms with Crippen molar-refractivity contribution in [1.29, 1.82) is 5.26 Å². The van der Waals surface area contributed by atoms with Gasteiger partial charge in [-0.3, -0.25) is 9.69 Å². The Bertz CT molecular complexity index is 805. The number of thioether (sulfide) groups is 1. The molecule has 106 valence electrons. The second-order valence-corrected chi connectivity index (χ2v) is 6.26. The highest BCUT2D eigenvalue weighted by atomic mass is 32.2. The average molecular weight is 322 g/mol. The van der Waals surface area contributed by atoms with Crippen molar-refractivity contribution < 1.29 is 4.79 Å². The van der Waals surface area contributed by atoms with Crippen LogP contribution in [0, 0.1) is 11.3 Å². The van der Waals surface area contributed by atoms with Crippen LogP contribution in [0.2, 0.25) is 0 Å². The van der Waals surface area contributed by atoms with Crippen molar-refractivity contribution in [2.75, 3.05) is 4.90 Å². The summed E-state index contributed by atoms with van der Waals surface area (Å²) in [5, 5.41) is 8.80. The fraction of sp³-hybridized carbons (Fsp3) is 0. The van der Waals surface area contributed by atoms with Gasteiger partial charge in [0.15, 0.2) is 4.32 Å². The summed E-state index contributed by atoms with van der Waals surface area (Å²) in [4.78, 5) is 14.7. The molecule has 22 heavy (non-hydrogen) atoms. The predicted octanol–water partition coefficient (Wildman–Crippen LogP) is 3.96. The number of thiocarbonyl (C=S) groups is 1. The Kier molecular flexibility index (Phi) is 4.05. The molecular weight excluding hydrogens is 312 g/mol. The number of nitriles is 1. The maximum Gasteiger partial charge on any atom is 0.270 e. The van der Waals surface area contributed by atoms with Crippen LogP contribution in [0.1, 0.15) is 11.1 Å². The molecule has 0 atom stereocenters. The molecule has 3 rings (SSSR count). The number of anilines is 1. The van der Waals surface area contributed by atoms with Crippen LogP contribution in [0.4, 0.5) is 5.69 Å². The summed E-state index contributed by atoms with van der Waals surface area (Å²) >= 11 is 6.60. The number of carbonyl (C=O) groups excluding carboxylic acids is 1. The van der Waals surface area contributed by atoms with Gasteiger partial charge in [0.25, 0.3) is 5.91 Å². The van der Waals surface area contributed by atoms with Crippen LogP contribution in [0.5, 0.6) is 0 Å². The largest absolute Gasteiger partial charge is 0.270 e. The van der Waals surface area contributed by atoms with E-state index in [4.69, 9.17) is 17.5 Å². The quantitative estimate of drug-likeness (QED) is 0.620. The van der Waals surface area contributed by atoms with Gasteiger partial charge in [-0.1, -0.05) is 54.3 Å². The lowest BCUT2D eigenvalue weighted by Gasteiger charge is -2.13. The topological polar surface area (TPSA) is 44.1 Å². The monoisotopic (exact) mass is 322 g/mol. The third kappa shape index (κ3) is 2.80. The number of rotatable bonds is 2. The van der Waals surface area contributed by atoms with Crippen molar-refractivity contribution in [3.05, 3.63) is 70.6 Å². The molecule has 1 aliphatic rings. The molecule has 3 nitrogen and oxygen atoms in total. The molecule has 0 N–H and O–H groups in total. The number of para-hydroxylation sites is 1. The highest BCUT2D eigenvalue weighted by Gasteiger charge is 2.33. The van der Waals surface area contributed by atoms with E-state index in [-0.39, 0.29) is 5.91 Å². The van der Waals surface area contributed by atoms with E-state index in [1.165, 1.54) is 16.7 Å². The molecule has 2 aromatic rings. The van der Waals surface area contributed by atoms with E-state index in [0.717, 1.165) is 11.3 Å². The first-order valence-electron chi connectivity index (χ1n) is 6.52. The molecule has 2 aromatic carbocycles. The molecular formula is C17H10N2OS2. The maximum absolute atomic E-state index is 12.5. The molecule has 0 unspecified atom stereocenters. The third-order valence-corrected chi connectivity index (χ3v) is 4.45. The minimum atomic E-state index is -0.120. The zero-order valence-electron chi connectivity index (χ0n) is 11.4. The Morgan fingerprint density at radius 1 is 1.09 bits per heavy atom. The van der Waals surface area contributed by atoms with Crippen molar-refractivity contribution in [2.24, 2.45) is 0 Å². The summed E-state index contributed by atoms with van der Waals surface area (Å²) in [6, 6.07) is 18.5. The minimum Gasteiger partial charge on any atom is -0.268 e. The smallest absolute Gasteiger partial charge is 0.268 e. The first-order valence-corrected chi connectivity index (χ1v) is 7.75. The number of amides is 1. The van der Waals surface area contributed by atoms with Gasteiger partial charge in [0.2, 0.25) is 0 Å². The molecule has 1 amide bonds. The number of carbonyl (C=O) groups is 1. The standard InChI is InChI=1S/C17H10N2OS2/c18-11-13-8-6-12(7-9-13)10-15-16(20)19(17(21)22-15)14-4-2-1-3-5-14/h1-10H/b15-10-. The van der Waals surface area contributed by atoms with Gasteiger partial charge in [0.05, 0.1) is 22.2 Å². The van der Waals surface area contributed by atoms with Gasteiger partial charge >= 0.3 is 0 Å². The molecule has 0 saturated carbocycles. The van der Waals surface area contributed by atoms with Gasteiger partial charge < -0.3 is 0 Å². The Morgan fingerprint density at radius 2 is 1.77 bits per heavy atom. The summed E-state index contributed by atoms with van der Waals surface area (Å²) in [7, 11) is 0. The Morgan fingerprint density at radius 3 is 2.41 bits per heavy atom. The maximum atomic E-state index is 12.5. The fourth-order valence-corrected chi connectivity index (χ4v) is 3.37. The first kappa shape index (κ1) is 14.5. The van der Waals surface area contributed by atoms with E-state index in [1.807, 2.05) is 42.5 Å². The molecule has 0 radical (unpaired) electrons. The minimum absolute atomic E-state index is 0.120. The van der Waals surface area contributed by atoms with Crippen LogP contribution in [0.15, 0.2) is 59.5 Å². The van der Waals surface area contributed by atoms with Gasteiger partial charge in [0, 0.05) is 0 Å². The first-order chi connectivity index (χ1) is 10.7. The SMILES string of the molecule is N#Cc1ccc(/C=C2\SC(=S)N(c3ccccc3)C2=O)cc1. The van der Waals surface area contributed by atoms with Crippen LogP contribution >= 0.6 is 24.0 Å². The zero-order valence-corrected chi connectivity index (χ0v) is 13.0. The Labute approximate surface area is 137 Å². The Balaban J connectivity index is 1.90. The van der Waals surface area contributed by atoms with Gasteiger partial charge in [-0.25, -0.2) is 0 Å². The van der Waals surface area contributed by atoms with Crippen molar-refractivity contribution in [2.45, 2.75) is 0 Å². The molecule has 1 heterocycles. The van der Waals surface area contributed by atoms with Crippen molar-refractivity contribution >= 4 is 46.0 Å². The van der Waals surface area contributed by atoms with E-state index >= 15 is 0 Å². The van der Waals surface area contributed by atoms with E-state index in [2.05, 4.69) is 6.07 Å². The predicted molar refractivity (Wildman–Crippen MR) is 93.3 cm³/mol. The molecule has 0 bridgehead atoms. The summed E-state index contributed by atoms with van der Waals surface area (Å²) in [5.41, 5.74) is 2.23. The number of hydrogen-bond acceptors (Lipinski definition) is 4. The lowest BCUT2D eigenvalue weighted by Crippen LogP contribution is -2.27. The molecule has 0 spiro atoms. The number of nitrogens with zero attached hydrogens (tertiary/aromatic N) is 2. The fourth-order valence-electron chi connectivity index (χ4n) is 2.07. The lowest BCUT2D eigenvalue weighted by atomic mass is 10.1. The van der Waals surface area contributed by atoms with E-state index < -0.39 is 0 Å². The van der Waals surface area contributed by atoms with Crippen LogP contribution in [0.25, 0.3) is 6.08 Å². The number of hydrogen-bond donors (Lipinski definition) is 0. The highest BCUT2D eigenvalue weighted by molar-refractivity contribution is 8.27. The van der Waals surface area contributed by atoms with Gasteiger partial charge in [-0.2, -0.15) is 5.26 Å². The summed E-state index contributed by atoms with van der Waals surface area (Å²) < 4.78 is 0.524. The molecule has 1 fully saturated rings. The highest BCUT2D eigenvalue weighted by Crippen LogP contribution is 2.35. The zero-order chi connectivity index (χ0) is 15.5. The second-order valence-electron chi connectivity index (χ2n) is 4.59. The molecule has 0 aromatic heterocycles. The summed E-state index contributed by atoms with van der Waals surface area (Å²) in [6.07, 6.45) is 1.80. The van der Waals surface area contributed by atoms with Crippen LogP contribution < -0.4 is 4.90 Å². The summed E-state index contributed by atoms with van der Waals surface area (Å²) in [5.74, 6) is -0.120. The molecule has 0 aliphatic carbocycles. The van der Waals surface area contributed by atoms with Crippen LogP contribution in [0.3, 0.4) is 0 Å². The molecule has 1 aliphatic heterocycles.